The number of carboxylic acids is 1. The molecule has 0 saturated heterocycles. The highest BCUT2D eigenvalue weighted by molar-refractivity contribution is 6.06. The van der Waals surface area contributed by atoms with Crippen LogP contribution in [0.15, 0.2) is 40.8 Å². The number of carbonyl (C=O) groups excluding carboxylic acids is 1. The SMILES string of the molecule is COCc1ccc(C(=O)Nc2ccccc2C(=O)O)o1. The molecule has 2 rings (SSSR count). The summed E-state index contributed by atoms with van der Waals surface area (Å²) in [7, 11) is 1.52. The number of hydrogen-bond donors (Lipinski definition) is 2. The molecule has 0 atom stereocenters. The van der Waals surface area contributed by atoms with Crippen molar-refractivity contribution in [1.82, 2.24) is 0 Å². The summed E-state index contributed by atoms with van der Waals surface area (Å²) in [6, 6.07) is 9.29. The van der Waals surface area contributed by atoms with Crippen molar-refractivity contribution in [2.45, 2.75) is 6.61 Å². The van der Waals surface area contributed by atoms with Gasteiger partial charge in [0, 0.05) is 7.11 Å². The van der Waals surface area contributed by atoms with Gasteiger partial charge in [0.05, 0.1) is 11.3 Å². The normalized spacial score (nSPS) is 10.2. The van der Waals surface area contributed by atoms with Gasteiger partial charge in [0.15, 0.2) is 5.76 Å². The van der Waals surface area contributed by atoms with Crippen molar-refractivity contribution in [2.24, 2.45) is 0 Å². The zero-order chi connectivity index (χ0) is 14.5. The van der Waals surface area contributed by atoms with E-state index in [1.54, 1.807) is 18.2 Å². The summed E-state index contributed by atoms with van der Waals surface area (Å²) in [4.78, 5) is 23.0. The number of benzene rings is 1. The average Bonchev–Trinajstić information content (AvgIpc) is 2.88. The quantitative estimate of drug-likeness (QED) is 0.874. The van der Waals surface area contributed by atoms with Gasteiger partial charge in [0.25, 0.3) is 5.91 Å². The molecule has 1 aromatic carbocycles. The fourth-order valence-corrected chi connectivity index (χ4v) is 1.68. The maximum atomic E-state index is 12.0. The number of carbonyl (C=O) groups is 2. The number of carboxylic acid groups (broad SMARTS) is 1. The summed E-state index contributed by atoms with van der Waals surface area (Å²) in [5.74, 6) is -1.01. The summed E-state index contributed by atoms with van der Waals surface area (Å²) >= 11 is 0. The van der Waals surface area contributed by atoms with E-state index in [1.165, 1.54) is 25.3 Å². The van der Waals surface area contributed by atoms with Crippen molar-refractivity contribution in [1.29, 1.82) is 0 Å². The van der Waals surface area contributed by atoms with E-state index in [-0.39, 0.29) is 23.6 Å². The Labute approximate surface area is 115 Å². The van der Waals surface area contributed by atoms with Crippen LogP contribution in [-0.4, -0.2) is 24.1 Å². The van der Waals surface area contributed by atoms with Gasteiger partial charge in [0.1, 0.15) is 12.4 Å². The zero-order valence-electron chi connectivity index (χ0n) is 10.8. The van der Waals surface area contributed by atoms with Crippen LogP contribution in [-0.2, 0) is 11.3 Å². The first-order chi connectivity index (χ1) is 9.61. The lowest BCUT2D eigenvalue weighted by atomic mass is 10.2. The second-order valence-electron chi connectivity index (χ2n) is 4.00. The topological polar surface area (TPSA) is 88.8 Å². The van der Waals surface area contributed by atoms with Crippen molar-refractivity contribution in [3.63, 3.8) is 0 Å². The maximum Gasteiger partial charge on any atom is 0.337 e. The Kier molecular flexibility index (Phi) is 4.17. The van der Waals surface area contributed by atoms with Gasteiger partial charge in [0.2, 0.25) is 0 Å². The molecule has 0 unspecified atom stereocenters. The smallest absolute Gasteiger partial charge is 0.337 e. The van der Waals surface area contributed by atoms with E-state index >= 15 is 0 Å². The molecule has 2 N–H and O–H groups in total. The largest absolute Gasteiger partial charge is 0.478 e. The highest BCUT2D eigenvalue weighted by Crippen LogP contribution is 2.17. The second-order valence-corrected chi connectivity index (χ2v) is 4.00. The Hall–Kier alpha value is -2.60. The second kappa shape index (κ2) is 6.03. The molecule has 0 aliphatic rings. The summed E-state index contributed by atoms with van der Waals surface area (Å²) in [6.45, 7) is 0.263. The van der Waals surface area contributed by atoms with Gasteiger partial charge in [-0.2, -0.15) is 0 Å². The van der Waals surface area contributed by atoms with Gasteiger partial charge in [-0.25, -0.2) is 4.79 Å². The van der Waals surface area contributed by atoms with Crippen LogP contribution >= 0.6 is 0 Å². The van der Waals surface area contributed by atoms with Gasteiger partial charge in [-0.05, 0) is 24.3 Å². The molecule has 0 bridgehead atoms. The minimum Gasteiger partial charge on any atom is -0.478 e. The van der Waals surface area contributed by atoms with Crippen molar-refractivity contribution in [3.8, 4) is 0 Å². The highest BCUT2D eigenvalue weighted by Gasteiger charge is 2.15. The van der Waals surface area contributed by atoms with Crippen LogP contribution in [0.2, 0.25) is 0 Å². The number of amides is 1. The summed E-state index contributed by atoms with van der Waals surface area (Å²) < 4.78 is 10.2. The number of rotatable bonds is 5. The predicted molar refractivity (Wildman–Crippen MR) is 70.8 cm³/mol. The molecule has 6 heteroatoms. The number of furan rings is 1. The molecule has 6 nitrogen and oxygen atoms in total. The van der Waals surface area contributed by atoms with E-state index in [9.17, 15) is 9.59 Å². The first-order valence-electron chi connectivity index (χ1n) is 5.83. The molecule has 1 aromatic heterocycles. The van der Waals surface area contributed by atoms with Gasteiger partial charge < -0.3 is 19.6 Å². The van der Waals surface area contributed by atoms with Gasteiger partial charge in [-0.3, -0.25) is 4.79 Å². The third-order valence-electron chi connectivity index (χ3n) is 2.58. The van der Waals surface area contributed by atoms with E-state index in [1.807, 2.05) is 0 Å². The molecule has 0 radical (unpaired) electrons. The van der Waals surface area contributed by atoms with Crippen molar-refractivity contribution < 1.29 is 23.8 Å². The van der Waals surface area contributed by atoms with E-state index in [4.69, 9.17) is 14.3 Å². The monoisotopic (exact) mass is 275 g/mol. The standard InChI is InChI=1S/C14H13NO5/c1-19-8-9-6-7-12(20-9)13(16)15-11-5-3-2-4-10(11)14(17)18/h2-7H,8H2,1H3,(H,15,16)(H,17,18). The van der Waals surface area contributed by atoms with Crippen LogP contribution in [0.25, 0.3) is 0 Å². The number of anilines is 1. The Balaban J connectivity index is 2.17. The van der Waals surface area contributed by atoms with E-state index < -0.39 is 11.9 Å². The Morgan fingerprint density at radius 2 is 2.00 bits per heavy atom. The summed E-state index contributed by atoms with van der Waals surface area (Å²) in [5, 5.41) is 11.5. The highest BCUT2D eigenvalue weighted by atomic mass is 16.5. The number of hydrogen-bond acceptors (Lipinski definition) is 4. The first-order valence-corrected chi connectivity index (χ1v) is 5.83. The first kappa shape index (κ1) is 13.8. The molecule has 0 saturated carbocycles. The van der Waals surface area contributed by atoms with Crippen molar-refractivity contribution in [3.05, 3.63) is 53.5 Å². The maximum absolute atomic E-state index is 12.0. The average molecular weight is 275 g/mol. The van der Waals surface area contributed by atoms with Crippen LogP contribution in [0.3, 0.4) is 0 Å². The lowest BCUT2D eigenvalue weighted by Crippen LogP contribution is -2.14. The molecule has 0 aliphatic heterocycles. The minimum absolute atomic E-state index is 0.0181. The molecule has 0 aliphatic carbocycles. The lowest BCUT2D eigenvalue weighted by molar-refractivity contribution is 0.0698. The van der Waals surface area contributed by atoms with Gasteiger partial charge >= 0.3 is 5.97 Å². The molecule has 0 fully saturated rings. The predicted octanol–water partition coefficient (Wildman–Crippen LogP) is 2.38. The van der Waals surface area contributed by atoms with Gasteiger partial charge in [-0.15, -0.1) is 0 Å². The molecule has 0 spiro atoms. The van der Waals surface area contributed by atoms with E-state index in [0.717, 1.165) is 0 Å². The molecule has 2 aromatic rings. The summed E-state index contributed by atoms with van der Waals surface area (Å²) in [5.41, 5.74) is 0.235. The molecule has 104 valence electrons. The van der Waals surface area contributed by atoms with Crippen LogP contribution < -0.4 is 5.32 Å². The molecule has 20 heavy (non-hydrogen) atoms. The Morgan fingerprint density at radius 3 is 2.70 bits per heavy atom. The number of nitrogens with one attached hydrogen (secondary N) is 1. The minimum atomic E-state index is -1.11. The molecule has 1 heterocycles. The van der Waals surface area contributed by atoms with Crippen molar-refractivity contribution >= 4 is 17.6 Å². The number of aromatic carboxylic acids is 1. The lowest BCUT2D eigenvalue weighted by Gasteiger charge is -2.06. The molecule has 1 amide bonds. The Morgan fingerprint density at radius 1 is 1.25 bits per heavy atom. The zero-order valence-corrected chi connectivity index (χ0v) is 10.8. The fraction of sp³-hybridized carbons (Fsp3) is 0.143. The summed E-state index contributed by atoms with van der Waals surface area (Å²) in [6.07, 6.45) is 0. The van der Waals surface area contributed by atoms with Crippen LogP contribution in [0.4, 0.5) is 5.69 Å². The third-order valence-corrected chi connectivity index (χ3v) is 2.58. The van der Waals surface area contributed by atoms with Crippen LogP contribution in [0.5, 0.6) is 0 Å². The third kappa shape index (κ3) is 3.04. The molecular formula is C14H13NO5. The van der Waals surface area contributed by atoms with E-state index in [0.29, 0.717) is 5.76 Å². The number of methoxy groups -OCH3 is 1. The van der Waals surface area contributed by atoms with Crippen molar-refractivity contribution in [2.75, 3.05) is 12.4 Å². The Bertz CT molecular complexity index is 632. The van der Waals surface area contributed by atoms with Crippen LogP contribution in [0.1, 0.15) is 26.7 Å². The number of ether oxygens (including phenoxy) is 1. The van der Waals surface area contributed by atoms with Gasteiger partial charge in [-0.1, -0.05) is 12.1 Å². The van der Waals surface area contributed by atoms with Crippen LogP contribution in [0, 0.1) is 0 Å². The fourth-order valence-electron chi connectivity index (χ4n) is 1.68. The van der Waals surface area contributed by atoms with E-state index in [2.05, 4.69) is 5.32 Å². The number of para-hydroxylation sites is 1. The molecular weight excluding hydrogens is 262 g/mol.